The first-order valence-corrected chi connectivity index (χ1v) is 9.12. The maximum atomic E-state index is 12.5. The van der Waals surface area contributed by atoms with E-state index in [1.54, 1.807) is 18.1 Å². The second kappa shape index (κ2) is 10.9. The number of carbonyl (C=O) groups is 2. The first-order chi connectivity index (χ1) is 12.6. The minimum absolute atomic E-state index is 0.000160. The number of carbonyl (C=O) groups excluding carboxylic acids is 2. The van der Waals surface area contributed by atoms with Gasteiger partial charge in [0.15, 0.2) is 0 Å². The van der Waals surface area contributed by atoms with E-state index in [4.69, 9.17) is 9.47 Å². The van der Waals surface area contributed by atoms with Gasteiger partial charge in [0.05, 0.1) is 12.7 Å². The van der Waals surface area contributed by atoms with E-state index in [1.807, 2.05) is 11.8 Å². The fourth-order valence-electron chi connectivity index (χ4n) is 2.87. The molecule has 0 radical (unpaired) electrons. The molecule has 9 nitrogen and oxygen atoms in total. The molecule has 1 saturated heterocycles. The van der Waals surface area contributed by atoms with Gasteiger partial charge >= 0.3 is 0 Å². The van der Waals surface area contributed by atoms with E-state index in [1.165, 1.54) is 6.33 Å². The molecule has 2 amide bonds. The van der Waals surface area contributed by atoms with E-state index < -0.39 is 0 Å². The molecule has 1 aromatic heterocycles. The number of nitrogens with zero attached hydrogens (tertiary/aromatic N) is 4. The molecule has 0 aromatic carbocycles. The zero-order valence-electron chi connectivity index (χ0n) is 15.6. The summed E-state index contributed by atoms with van der Waals surface area (Å²) in [6.07, 6.45) is 5.99. The Morgan fingerprint density at radius 2 is 2.08 bits per heavy atom. The maximum absolute atomic E-state index is 12.5. The number of rotatable bonds is 10. The van der Waals surface area contributed by atoms with E-state index in [2.05, 4.69) is 15.4 Å². The van der Waals surface area contributed by atoms with Gasteiger partial charge in [0.1, 0.15) is 18.7 Å². The first-order valence-electron chi connectivity index (χ1n) is 9.12. The highest BCUT2D eigenvalue weighted by Crippen LogP contribution is 2.17. The SMILES string of the molecule is COCCC(=O)NCCCOC1CCN(C(=O)C(C)n2cncn2)CC1. The van der Waals surface area contributed by atoms with Gasteiger partial charge in [0.25, 0.3) is 0 Å². The van der Waals surface area contributed by atoms with Crippen LogP contribution in [0.2, 0.25) is 0 Å². The van der Waals surface area contributed by atoms with Gasteiger partial charge in [-0.1, -0.05) is 0 Å². The standard InChI is InChI=1S/C17H29N5O4/c1-14(22-13-18-12-20-22)17(24)21-8-4-15(5-9-21)26-10-3-7-19-16(23)6-11-25-2/h12-15H,3-11H2,1-2H3,(H,19,23). The van der Waals surface area contributed by atoms with Crippen molar-refractivity contribution in [3.05, 3.63) is 12.7 Å². The quantitative estimate of drug-likeness (QED) is 0.601. The van der Waals surface area contributed by atoms with Gasteiger partial charge < -0.3 is 19.7 Å². The molecular formula is C17H29N5O4. The Morgan fingerprint density at radius 1 is 1.31 bits per heavy atom. The highest BCUT2D eigenvalue weighted by atomic mass is 16.5. The summed E-state index contributed by atoms with van der Waals surface area (Å²) in [5.74, 6) is 0.0629. The summed E-state index contributed by atoms with van der Waals surface area (Å²) in [5.41, 5.74) is 0. The van der Waals surface area contributed by atoms with E-state index in [9.17, 15) is 9.59 Å². The maximum Gasteiger partial charge on any atom is 0.247 e. The van der Waals surface area contributed by atoms with E-state index in [-0.39, 0.29) is 24.0 Å². The van der Waals surface area contributed by atoms with Gasteiger partial charge in [0, 0.05) is 39.8 Å². The Hall–Kier alpha value is -2.00. The van der Waals surface area contributed by atoms with Crippen LogP contribution in [0.15, 0.2) is 12.7 Å². The van der Waals surface area contributed by atoms with Crippen LogP contribution in [0.1, 0.15) is 38.6 Å². The molecule has 26 heavy (non-hydrogen) atoms. The van der Waals surface area contributed by atoms with Crippen LogP contribution in [-0.2, 0) is 19.1 Å². The van der Waals surface area contributed by atoms with Crippen LogP contribution >= 0.6 is 0 Å². The lowest BCUT2D eigenvalue weighted by Gasteiger charge is -2.33. The molecule has 2 rings (SSSR count). The Balaban J connectivity index is 1.57. The Kier molecular flexibility index (Phi) is 8.49. The predicted octanol–water partition coefficient (Wildman–Crippen LogP) is 0.390. The van der Waals surface area contributed by atoms with Gasteiger partial charge in [-0.05, 0) is 26.2 Å². The van der Waals surface area contributed by atoms with Crippen molar-refractivity contribution < 1.29 is 19.1 Å². The lowest BCUT2D eigenvalue weighted by molar-refractivity contribution is -0.137. The topological polar surface area (TPSA) is 98.6 Å². The van der Waals surface area contributed by atoms with Crippen molar-refractivity contribution in [3.8, 4) is 0 Å². The van der Waals surface area contributed by atoms with Gasteiger partial charge in [-0.2, -0.15) is 5.10 Å². The third-order valence-corrected chi connectivity index (χ3v) is 4.47. The van der Waals surface area contributed by atoms with Gasteiger partial charge in [-0.3, -0.25) is 9.59 Å². The average molecular weight is 367 g/mol. The van der Waals surface area contributed by atoms with Crippen LogP contribution in [-0.4, -0.2) is 77.5 Å². The summed E-state index contributed by atoms with van der Waals surface area (Å²) >= 11 is 0. The number of nitrogens with one attached hydrogen (secondary N) is 1. The van der Waals surface area contributed by atoms with E-state index in [0.717, 1.165) is 19.3 Å². The Labute approximate surface area is 154 Å². The Morgan fingerprint density at radius 3 is 2.73 bits per heavy atom. The van der Waals surface area contributed by atoms with Crippen LogP contribution in [0.5, 0.6) is 0 Å². The summed E-state index contributed by atoms with van der Waals surface area (Å²) in [7, 11) is 1.58. The summed E-state index contributed by atoms with van der Waals surface area (Å²) < 4.78 is 12.3. The normalized spacial score (nSPS) is 16.5. The van der Waals surface area contributed by atoms with Crippen molar-refractivity contribution in [2.24, 2.45) is 0 Å². The van der Waals surface area contributed by atoms with Crippen LogP contribution in [0.25, 0.3) is 0 Å². The van der Waals surface area contributed by atoms with Crippen molar-refractivity contribution in [2.45, 2.75) is 44.8 Å². The molecule has 1 aromatic rings. The summed E-state index contributed by atoms with van der Waals surface area (Å²) in [4.78, 5) is 29.7. The number of aromatic nitrogens is 3. The molecule has 9 heteroatoms. The minimum Gasteiger partial charge on any atom is -0.384 e. The largest absolute Gasteiger partial charge is 0.384 e. The lowest BCUT2D eigenvalue weighted by Crippen LogP contribution is -2.43. The molecule has 1 unspecified atom stereocenters. The van der Waals surface area contributed by atoms with Crippen molar-refractivity contribution in [2.75, 3.05) is 40.0 Å². The second-order valence-electron chi connectivity index (χ2n) is 6.39. The van der Waals surface area contributed by atoms with E-state index >= 15 is 0 Å². The fourth-order valence-corrected chi connectivity index (χ4v) is 2.87. The molecule has 1 atom stereocenters. The van der Waals surface area contributed by atoms with E-state index in [0.29, 0.717) is 39.3 Å². The van der Waals surface area contributed by atoms with Crippen molar-refractivity contribution in [1.29, 1.82) is 0 Å². The molecule has 1 aliphatic rings. The molecule has 1 fully saturated rings. The average Bonchev–Trinajstić information content (AvgIpc) is 3.20. The monoisotopic (exact) mass is 367 g/mol. The minimum atomic E-state index is -0.336. The third-order valence-electron chi connectivity index (χ3n) is 4.47. The molecule has 1 aliphatic heterocycles. The summed E-state index contributed by atoms with van der Waals surface area (Å²) in [6.45, 7) is 4.87. The number of hydrogen-bond acceptors (Lipinski definition) is 6. The number of methoxy groups -OCH3 is 1. The predicted molar refractivity (Wildman–Crippen MR) is 94.4 cm³/mol. The molecule has 0 bridgehead atoms. The second-order valence-corrected chi connectivity index (χ2v) is 6.39. The van der Waals surface area contributed by atoms with Gasteiger partial charge in [-0.15, -0.1) is 0 Å². The van der Waals surface area contributed by atoms with Crippen molar-refractivity contribution in [3.63, 3.8) is 0 Å². The molecule has 0 spiro atoms. The summed E-state index contributed by atoms with van der Waals surface area (Å²) in [5, 5.41) is 6.87. The molecule has 2 heterocycles. The zero-order valence-corrected chi connectivity index (χ0v) is 15.6. The number of amides is 2. The fraction of sp³-hybridized carbons (Fsp3) is 0.765. The van der Waals surface area contributed by atoms with Crippen LogP contribution in [0.3, 0.4) is 0 Å². The number of hydrogen-bond donors (Lipinski definition) is 1. The van der Waals surface area contributed by atoms with Crippen LogP contribution in [0, 0.1) is 0 Å². The zero-order chi connectivity index (χ0) is 18.8. The van der Waals surface area contributed by atoms with Gasteiger partial charge in [0.2, 0.25) is 11.8 Å². The first kappa shape index (κ1) is 20.3. The molecule has 0 saturated carbocycles. The van der Waals surface area contributed by atoms with Crippen LogP contribution in [0.4, 0.5) is 0 Å². The number of piperidine rings is 1. The molecule has 0 aliphatic carbocycles. The molecule has 1 N–H and O–H groups in total. The highest BCUT2D eigenvalue weighted by molar-refractivity contribution is 5.80. The number of ether oxygens (including phenoxy) is 2. The highest BCUT2D eigenvalue weighted by Gasteiger charge is 2.27. The molecular weight excluding hydrogens is 338 g/mol. The molecule has 146 valence electrons. The third kappa shape index (κ3) is 6.38. The summed E-state index contributed by atoms with van der Waals surface area (Å²) in [6, 6.07) is -0.336. The lowest BCUT2D eigenvalue weighted by atomic mass is 10.1. The van der Waals surface area contributed by atoms with Crippen molar-refractivity contribution in [1.82, 2.24) is 25.0 Å². The number of likely N-dealkylation sites (tertiary alicyclic amines) is 1. The van der Waals surface area contributed by atoms with Crippen LogP contribution < -0.4 is 5.32 Å². The van der Waals surface area contributed by atoms with Gasteiger partial charge in [-0.25, -0.2) is 9.67 Å². The smallest absolute Gasteiger partial charge is 0.247 e. The van der Waals surface area contributed by atoms with Crippen molar-refractivity contribution >= 4 is 11.8 Å². The Bertz CT molecular complexity index is 543.